The van der Waals surface area contributed by atoms with E-state index in [4.69, 9.17) is 0 Å². The molecule has 1 aliphatic carbocycles. The molecule has 0 spiro atoms. The van der Waals surface area contributed by atoms with E-state index in [9.17, 15) is 9.90 Å². The van der Waals surface area contributed by atoms with Gasteiger partial charge in [0.1, 0.15) is 6.04 Å². The standard InChI is InChI=1S/C19H30N2O2/c1-15-7-9-16(10-8-15)17(20(2)3)18(22)21(4)14-13-19(23)11-5-6-12-19/h7-10,17,23H,5-6,11-14H2,1-4H3/t17-/m0/s1. The Kier molecular flexibility index (Phi) is 5.82. The predicted molar refractivity (Wildman–Crippen MR) is 93.3 cm³/mol. The van der Waals surface area contributed by atoms with Crippen molar-refractivity contribution in [1.29, 1.82) is 0 Å². The number of hydrogen-bond acceptors (Lipinski definition) is 3. The number of aliphatic hydroxyl groups is 1. The summed E-state index contributed by atoms with van der Waals surface area (Å²) in [5, 5.41) is 10.5. The minimum Gasteiger partial charge on any atom is -0.390 e. The maximum absolute atomic E-state index is 12.9. The molecule has 1 N–H and O–H groups in total. The fourth-order valence-corrected chi connectivity index (χ4v) is 3.39. The Balaban J connectivity index is 2.03. The number of nitrogens with zero attached hydrogens (tertiary/aromatic N) is 2. The summed E-state index contributed by atoms with van der Waals surface area (Å²) >= 11 is 0. The van der Waals surface area contributed by atoms with Gasteiger partial charge in [-0.25, -0.2) is 0 Å². The molecule has 0 heterocycles. The lowest BCUT2D eigenvalue weighted by molar-refractivity contribution is -0.135. The number of likely N-dealkylation sites (N-methyl/N-ethyl adjacent to an activating group) is 2. The van der Waals surface area contributed by atoms with Gasteiger partial charge in [0.05, 0.1) is 5.60 Å². The van der Waals surface area contributed by atoms with Crippen LogP contribution in [0.3, 0.4) is 0 Å². The lowest BCUT2D eigenvalue weighted by Crippen LogP contribution is -2.41. The number of amides is 1. The zero-order valence-electron chi connectivity index (χ0n) is 14.9. The van der Waals surface area contributed by atoms with Crippen LogP contribution in [-0.4, -0.2) is 54.1 Å². The minimum absolute atomic E-state index is 0.0838. The maximum atomic E-state index is 12.9. The number of carbonyl (C=O) groups excluding carboxylic acids is 1. The summed E-state index contributed by atoms with van der Waals surface area (Å²) in [5.74, 6) is 0.0838. The Morgan fingerprint density at radius 2 is 1.74 bits per heavy atom. The number of carbonyl (C=O) groups is 1. The Labute approximate surface area is 140 Å². The van der Waals surface area contributed by atoms with Crippen LogP contribution in [0.25, 0.3) is 0 Å². The predicted octanol–water partition coefficient (Wildman–Crippen LogP) is 2.75. The van der Waals surface area contributed by atoms with Crippen LogP contribution in [0, 0.1) is 6.92 Å². The van der Waals surface area contributed by atoms with E-state index in [0.717, 1.165) is 31.2 Å². The summed E-state index contributed by atoms with van der Waals surface area (Å²) in [7, 11) is 5.70. The lowest BCUT2D eigenvalue weighted by atomic mass is 9.97. The van der Waals surface area contributed by atoms with Gasteiger partial charge in [0.2, 0.25) is 5.91 Å². The molecule has 1 saturated carbocycles. The molecule has 2 rings (SSSR count). The van der Waals surface area contributed by atoms with Crippen molar-refractivity contribution in [3.05, 3.63) is 35.4 Å². The third kappa shape index (κ3) is 4.55. The van der Waals surface area contributed by atoms with Crippen molar-refractivity contribution in [2.75, 3.05) is 27.7 Å². The summed E-state index contributed by atoms with van der Waals surface area (Å²) < 4.78 is 0. The van der Waals surface area contributed by atoms with E-state index in [-0.39, 0.29) is 11.9 Å². The topological polar surface area (TPSA) is 43.8 Å². The zero-order chi connectivity index (χ0) is 17.0. The maximum Gasteiger partial charge on any atom is 0.244 e. The first-order valence-corrected chi connectivity index (χ1v) is 8.53. The van der Waals surface area contributed by atoms with E-state index in [2.05, 4.69) is 0 Å². The number of aryl methyl sites for hydroxylation is 1. The first-order valence-electron chi connectivity index (χ1n) is 8.53. The molecule has 4 heteroatoms. The average molecular weight is 318 g/mol. The summed E-state index contributed by atoms with van der Waals surface area (Å²) in [6.45, 7) is 2.65. The average Bonchev–Trinajstić information content (AvgIpc) is 2.94. The molecule has 1 fully saturated rings. The van der Waals surface area contributed by atoms with Crippen molar-refractivity contribution in [3.63, 3.8) is 0 Å². The summed E-state index contributed by atoms with van der Waals surface area (Å²) in [6, 6.07) is 7.85. The molecule has 0 unspecified atom stereocenters. The van der Waals surface area contributed by atoms with Gasteiger partial charge in [-0.2, -0.15) is 0 Å². The molecule has 23 heavy (non-hydrogen) atoms. The van der Waals surface area contributed by atoms with Crippen LogP contribution in [0.15, 0.2) is 24.3 Å². The van der Waals surface area contributed by atoms with Crippen molar-refractivity contribution >= 4 is 5.91 Å². The van der Waals surface area contributed by atoms with Gasteiger partial charge in [-0.15, -0.1) is 0 Å². The van der Waals surface area contributed by atoms with Crippen molar-refractivity contribution in [2.24, 2.45) is 0 Å². The summed E-state index contributed by atoms with van der Waals surface area (Å²) in [5.41, 5.74) is 1.64. The fraction of sp³-hybridized carbons (Fsp3) is 0.632. The second-order valence-electron chi connectivity index (χ2n) is 7.22. The SMILES string of the molecule is Cc1ccc([C@@H](C(=O)N(C)CCC2(O)CCCC2)N(C)C)cc1. The monoisotopic (exact) mass is 318 g/mol. The van der Waals surface area contributed by atoms with Crippen LogP contribution in [0.2, 0.25) is 0 Å². The Hall–Kier alpha value is -1.39. The van der Waals surface area contributed by atoms with Crippen LogP contribution in [0.4, 0.5) is 0 Å². The fourth-order valence-electron chi connectivity index (χ4n) is 3.39. The van der Waals surface area contributed by atoms with E-state index < -0.39 is 5.60 Å². The zero-order valence-corrected chi connectivity index (χ0v) is 14.9. The highest BCUT2D eigenvalue weighted by molar-refractivity contribution is 5.83. The molecular formula is C19H30N2O2. The smallest absolute Gasteiger partial charge is 0.244 e. The molecule has 4 nitrogen and oxygen atoms in total. The van der Waals surface area contributed by atoms with E-state index in [0.29, 0.717) is 13.0 Å². The Morgan fingerprint density at radius 1 is 1.17 bits per heavy atom. The highest BCUT2D eigenvalue weighted by atomic mass is 16.3. The van der Waals surface area contributed by atoms with Crippen LogP contribution in [-0.2, 0) is 4.79 Å². The molecule has 1 atom stereocenters. The molecule has 0 saturated heterocycles. The Morgan fingerprint density at radius 3 is 2.26 bits per heavy atom. The van der Waals surface area contributed by atoms with Crippen LogP contribution < -0.4 is 0 Å². The molecular weight excluding hydrogens is 288 g/mol. The van der Waals surface area contributed by atoms with Gasteiger partial charge in [0.15, 0.2) is 0 Å². The van der Waals surface area contributed by atoms with Gasteiger partial charge in [-0.1, -0.05) is 42.7 Å². The Bertz CT molecular complexity index is 519. The van der Waals surface area contributed by atoms with Crippen molar-refractivity contribution in [2.45, 2.75) is 50.7 Å². The first-order chi connectivity index (χ1) is 10.8. The molecule has 0 radical (unpaired) electrons. The largest absolute Gasteiger partial charge is 0.390 e. The summed E-state index contributed by atoms with van der Waals surface area (Å²) in [6.07, 6.45) is 4.59. The third-order valence-electron chi connectivity index (χ3n) is 4.97. The van der Waals surface area contributed by atoms with Crippen LogP contribution in [0.1, 0.15) is 49.3 Å². The van der Waals surface area contributed by atoms with E-state index in [1.54, 1.807) is 4.90 Å². The summed E-state index contributed by atoms with van der Waals surface area (Å²) in [4.78, 5) is 16.6. The normalized spacial score (nSPS) is 18.2. The van der Waals surface area contributed by atoms with Gasteiger partial charge in [-0.3, -0.25) is 9.69 Å². The van der Waals surface area contributed by atoms with Gasteiger partial charge in [-0.05, 0) is 45.8 Å². The highest BCUT2D eigenvalue weighted by Gasteiger charge is 2.32. The van der Waals surface area contributed by atoms with Gasteiger partial charge >= 0.3 is 0 Å². The van der Waals surface area contributed by atoms with Gasteiger partial charge in [0.25, 0.3) is 0 Å². The number of rotatable bonds is 6. The molecule has 1 aromatic carbocycles. The lowest BCUT2D eigenvalue weighted by Gasteiger charge is -2.31. The third-order valence-corrected chi connectivity index (χ3v) is 4.97. The molecule has 0 bridgehead atoms. The molecule has 1 amide bonds. The second kappa shape index (κ2) is 7.45. The van der Waals surface area contributed by atoms with Crippen molar-refractivity contribution in [3.8, 4) is 0 Å². The van der Waals surface area contributed by atoms with Gasteiger partial charge in [0, 0.05) is 13.6 Å². The highest BCUT2D eigenvalue weighted by Crippen LogP contribution is 2.32. The van der Waals surface area contributed by atoms with E-state index in [1.807, 2.05) is 57.2 Å². The number of benzene rings is 1. The van der Waals surface area contributed by atoms with Crippen molar-refractivity contribution in [1.82, 2.24) is 9.80 Å². The quantitative estimate of drug-likeness (QED) is 0.877. The van der Waals surface area contributed by atoms with Gasteiger partial charge < -0.3 is 10.0 Å². The molecule has 0 aromatic heterocycles. The minimum atomic E-state index is -0.563. The number of hydrogen-bond donors (Lipinski definition) is 1. The van der Waals surface area contributed by atoms with Crippen LogP contribution >= 0.6 is 0 Å². The van der Waals surface area contributed by atoms with E-state index in [1.165, 1.54) is 5.56 Å². The van der Waals surface area contributed by atoms with Crippen molar-refractivity contribution < 1.29 is 9.90 Å². The molecule has 1 aliphatic rings. The molecule has 128 valence electrons. The second-order valence-corrected chi connectivity index (χ2v) is 7.22. The van der Waals surface area contributed by atoms with Crippen LogP contribution in [0.5, 0.6) is 0 Å². The molecule has 0 aliphatic heterocycles. The first kappa shape index (κ1) is 18.0. The van der Waals surface area contributed by atoms with E-state index >= 15 is 0 Å². The molecule has 1 aromatic rings.